The molecule has 0 aromatic heterocycles. The van der Waals surface area contributed by atoms with Gasteiger partial charge in [0.25, 0.3) is 0 Å². The van der Waals surface area contributed by atoms with Crippen molar-refractivity contribution in [2.45, 2.75) is 44.8 Å². The molecule has 6 heteroatoms. The molecule has 2 fully saturated rings. The van der Waals surface area contributed by atoms with Gasteiger partial charge in [-0.05, 0) is 42.0 Å². The second-order valence-electron chi connectivity index (χ2n) is 8.31. The van der Waals surface area contributed by atoms with Gasteiger partial charge >= 0.3 is 0 Å². The number of rotatable bonds is 7. The van der Waals surface area contributed by atoms with Crippen molar-refractivity contribution in [2.75, 3.05) is 33.3 Å². The van der Waals surface area contributed by atoms with Crippen molar-refractivity contribution in [1.82, 2.24) is 10.2 Å². The molecule has 1 saturated heterocycles. The van der Waals surface area contributed by atoms with E-state index in [1.165, 1.54) is 43.2 Å². The zero-order chi connectivity index (χ0) is 19.9. The molecule has 2 aromatic rings. The zero-order valence-corrected chi connectivity index (χ0v) is 20.1. The highest BCUT2D eigenvalue weighted by Crippen LogP contribution is 2.41. The van der Waals surface area contributed by atoms with Crippen LogP contribution in [0.25, 0.3) is 0 Å². The molecule has 0 radical (unpaired) electrons. The number of piperazine rings is 1. The summed E-state index contributed by atoms with van der Waals surface area (Å²) in [7, 11) is 1.74. The number of ether oxygens (including phenoxy) is 2. The fourth-order valence-electron chi connectivity index (χ4n) is 4.91. The second-order valence-corrected chi connectivity index (χ2v) is 8.31. The van der Waals surface area contributed by atoms with Crippen molar-refractivity contribution in [3.8, 4) is 11.5 Å². The van der Waals surface area contributed by atoms with E-state index in [1.54, 1.807) is 7.11 Å². The van der Waals surface area contributed by atoms with E-state index in [9.17, 15) is 0 Å². The van der Waals surface area contributed by atoms with E-state index < -0.39 is 0 Å². The summed E-state index contributed by atoms with van der Waals surface area (Å²) in [6, 6.07) is 17.4. The topological polar surface area (TPSA) is 33.7 Å². The van der Waals surface area contributed by atoms with Crippen LogP contribution in [0.2, 0.25) is 0 Å². The summed E-state index contributed by atoms with van der Waals surface area (Å²) in [5.41, 5.74) is 2.54. The third-order valence-corrected chi connectivity index (χ3v) is 6.41. The van der Waals surface area contributed by atoms with E-state index in [4.69, 9.17) is 9.47 Å². The van der Waals surface area contributed by atoms with Crippen LogP contribution in [0.15, 0.2) is 48.5 Å². The summed E-state index contributed by atoms with van der Waals surface area (Å²) in [6.45, 7) is 4.96. The molecule has 4 rings (SSSR count). The van der Waals surface area contributed by atoms with E-state index in [0.717, 1.165) is 43.6 Å². The Balaban J connectivity index is 0.00000171. The van der Waals surface area contributed by atoms with Crippen molar-refractivity contribution in [1.29, 1.82) is 0 Å². The summed E-state index contributed by atoms with van der Waals surface area (Å²) >= 11 is 0. The van der Waals surface area contributed by atoms with Gasteiger partial charge in [0.05, 0.1) is 7.11 Å². The van der Waals surface area contributed by atoms with Crippen molar-refractivity contribution in [3.05, 3.63) is 59.7 Å². The van der Waals surface area contributed by atoms with Gasteiger partial charge in [-0.25, -0.2) is 0 Å². The molecular formula is C25H36Cl2N2O2. The lowest BCUT2D eigenvalue weighted by Gasteiger charge is -2.41. The van der Waals surface area contributed by atoms with E-state index >= 15 is 0 Å². The first kappa shape index (κ1) is 25.8. The Morgan fingerprint density at radius 2 is 1.65 bits per heavy atom. The highest BCUT2D eigenvalue weighted by molar-refractivity contribution is 5.85. The van der Waals surface area contributed by atoms with Gasteiger partial charge in [-0.1, -0.05) is 55.7 Å². The lowest BCUT2D eigenvalue weighted by molar-refractivity contribution is 0.103. The largest absolute Gasteiger partial charge is 0.493 e. The van der Waals surface area contributed by atoms with E-state index in [-0.39, 0.29) is 24.8 Å². The molecule has 1 atom stereocenters. The first-order valence-electron chi connectivity index (χ1n) is 11.1. The summed E-state index contributed by atoms with van der Waals surface area (Å²) in [4.78, 5) is 2.69. The predicted molar refractivity (Wildman–Crippen MR) is 132 cm³/mol. The van der Waals surface area contributed by atoms with Crippen LogP contribution in [0.3, 0.4) is 0 Å². The van der Waals surface area contributed by atoms with Gasteiger partial charge in [0.1, 0.15) is 6.61 Å². The molecular weight excluding hydrogens is 431 g/mol. The molecule has 4 nitrogen and oxygen atoms in total. The lowest BCUT2D eigenvalue weighted by atomic mass is 9.80. The number of hydrogen-bond donors (Lipinski definition) is 1. The van der Waals surface area contributed by atoms with Crippen molar-refractivity contribution < 1.29 is 9.47 Å². The summed E-state index contributed by atoms with van der Waals surface area (Å²) in [5, 5.41) is 3.50. The maximum atomic E-state index is 6.09. The van der Waals surface area contributed by atoms with Gasteiger partial charge < -0.3 is 14.8 Å². The zero-order valence-electron chi connectivity index (χ0n) is 18.4. The monoisotopic (exact) mass is 466 g/mol. The molecule has 1 heterocycles. The number of nitrogens with one attached hydrogen (secondary N) is 1. The number of benzene rings is 2. The Kier molecular flexibility index (Phi) is 11.0. The van der Waals surface area contributed by atoms with Crippen molar-refractivity contribution in [3.63, 3.8) is 0 Å². The van der Waals surface area contributed by atoms with Crippen LogP contribution < -0.4 is 14.8 Å². The maximum Gasteiger partial charge on any atom is 0.161 e. The third kappa shape index (κ3) is 6.76. The smallest absolute Gasteiger partial charge is 0.161 e. The maximum absolute atomic E-state index is 6.09. The molecule has 172 valence electrons. The standard InChI is InChI=1S/C25H34N2O2.2ClH/c1-28-24-18-22(12-13-23(24)29-19-20-8-4-2-5-9-20)25(21-10-6-3-7-11-21)27-16-14-26-15-17-27;;/h2,4-5,8-9,12-13,18,21,25-26H,3,6-7,10-11,14-17,19H2,1H3;2*1H/t25-;;/m1../s1. The summed E-state index contributed by atoms with van der Waals surface area (Å²) in [6.07, 6.45) is 6.79. The molecule has 0 bridgehead atoms. The molecule has 2 aliphatic rings. The van der Waals surface area contributed by atoms with Crippen LogP contribution in [0.5, 0.6) is 11.5 Å². The Labute approximate surface area is 199 Å². The van der Waals surface area contributed by atoms with Crippen molar-refractivity contribution >= 4 is 24.8 Å². The van der Waals surface area contributed by atoms with Crippen LogP contribution >= 0.6 is 24.8 Å². The molecule has 0 spiro atoms. The Bertz CT molecular complexity index is 745. The summed E-state index contributed by atoms with van der Waals surface area (Å²) in [5.74, 6) is 2.40. The van der Waals surface area contributed by atoms with Crippen molar-refractivity contribution in [2.24, 2.45) is 5.92 Å². The SMILES string of the molecule is COc1cc([C@@H](C2CCCCC2)N2CCNCC2)ccc1OCc1ccccc1.Cl.Cl. The minimum absolute atomic E-state index is 0. The molecule has 31 heavy (non-hydrogen) atoms. The molecule has 0 unspecified atom stereocenters. The molecule has 1 aliphatic heterocycles. The van der Waals surface area contributed by atoms with E-state index in [0.29, 0.717) is 12.6 Å². The van der Waals surface area contributed by atoms with Crippen LogP contribution in [0.1, 0.15) is 49.3 Å². The normalized spacial score (nSPS) is 18.4. The average Bonchev–Trinajstić information content (AvgIpc) is 2.80. The fourth-order valence-corrected chi connectivity index (χ4v) is 4.91. The van der Waals surface area contributed by atoms with Gasteiger partial charge in [-0.3, -0.25) is 4.90 Å². The second kappa shape index (κ2) is 13.2. The average molecular weight is 467 g/mol. The first-order chi connectivity index (χ1) is 14.3. The number of methoxy groups -OCH3 is 1. The Morgan fingerprint density at radius 3 is 2.32 bits per heavy atom. The lowest BCUT2D eigenvalue weighted by Crippen LogP contribution is -2.47. The number of halogens is 2. The molecule has 1 saturated carbocycles. The van der Waals surface area contributed by atoms with Gasteiger partial charge in [-0.2, -0.15) is 0 Å². The molecule has 1 N–H and O–H groups in total. The predicted octanol–water partition coefficient (Wildman–Crippen LogP) is 5.64. The Hall–Kier alpha value is -1.46. The van der Waals surface area contributed by atoms with E-state index in [2.05, 4.69) is 40.5 Å². The highest BCUT2D eigenvalue weighted by atomic mass is 35.5. The van der Waals surface area contributed by atoms with Crippen LogP contribution in [-0.2, 0) is 6.61 Å². The first-order valence-corrected chi connectivity index (χ1v) is 11.1. The van der Waals surface area contributed by atoms with Crippen LogP contribution in [0.4, 0.5) is 0 Å². The van der Waals surface area contributed by atoms with Crippen LogP contribution in [-0.4, -0.2) is 38.2 Å². The minimum atomic E-state index is 0. The van der Waals surface area contributed by atoms with E-state index in [1.807, 2.05) is 18.2 Å². The fraction of sp³-hybridized carbons (Fsp3) is 0.520. The summed E-state index contributed by atoms with van der Waals surface area (Å²) < 4.78 is 11.8. The molecule has 2 aromatic carbocycles. The van der Waals surface area contributed by atoms with Gasteiger partial charge in [0.15, 0.2) is 11.5 Å². The number of hydrogen-bond acceptors (Lipinski definition) is 4. The minimum Gasteiger partial charge on any atom is -0.493 e. The molecule has 0 amide bonds. The van der Waals surface area contributed by atoms with Gasteiger partial charge in [-0.15, -0.1) is 24.8 Å². The van der Waals surface area contributed by atoms with Gasteiger partial charge in [0, 0.05) is 32.2 Å². The number of nitrogens with zero attached hydrogens (tertiary/aromatic N) is 1. The quantitative estimate of drug-likeness (QED) is 0.571. The third-order valence-electron chi connectivity index (χ3n) is 6.41. The highest BCUT2D eigenvalue weighted by Gasteiger charge is 2.31. The van der Waals surface area contributed by atoms with Crippen LogP contribution in [0, 0.1) is 5.92 Å². The Morgan fingerprint density at radius 1 is 0.935 bits per heavy atom. The van der Waals surface area contributed by atoms with Gasteiger partial charge in [0.2, 0.25) is 0 Å². The molecule has 1 aliphatic carbocycles.